The van der Waals surface area contributed by atoms with Gasteiger partial charge in [-0.15, -0.1) is 0 Å². The highest BCUT2D eigenvalue weighted by atomic mass is 16.5. The molecule has 184 valence electrons. The van der Waals surface area contributed by atoms with Crippen LogP contribution in [-0.2, 0) is 17.6 Å². The third-order valence-corrected chi connectivity index (χ3v) is 6.48. The smallest absolute Gasteiger partial charge is 0.274 e. The summed E-state index contributed by atoms with van der Waals surface area (Å²) in [6.07, 6.45) is 6.34. The van der Waals surface area contributed by atoms with Crippen molar-refractivity contribution >= 4 is 5.91 Å². The first-order valence-corrected chi connectivity index (χ1v) is 11.9. The quantitative estimate of drug-likeness (QED) is 0.556. The van der Waals surface area contributed by atoms with Crippen molar-refractivity contribution in [2.75, 3.05) is 26.9 Å². The molecule has 0 spiro atoms. The Morgan fingerprint density at radius 3 is 2.60 bits per heavy atom. The molecule has 2 aromatic heterocycles. The van der Waals surface area contributed by atoms with Gasteiger partial charge >= 0.3 is 0 Å². The molecule has 0 saturated carbocycles. The second kappa shape index (κ2) is 8.96. The van der Waals surface area contributed by atoms with Gasteiger partial charge in [0.2, 0.25) is 0 Å². The maximum atomic E-state index is 13.9. The number of benzene rings is 1. The molecule has 0 unspecified atom stereocenters. The van der Waals surface area contributed by atoms with Crippen LogP contribution in [-0.4, -0.2) is 68.8 Å². The maximum absolute atomic E-state index is 13.9. The zero-order valence-corrected chi connectivity index (χ0v) is 20.9. The SMILES string of the molecule is COc1cc2c(cc1OC(C)C)-n1c(-c3cncnc3)nc(C(=O)N3CCOCC3(C)C)c1CC2. The van der Waals surface area contributed by atoms with Crippen LogP contribution in [0.25, 0.3) is 17.1 Å². The number of amides is 1. The normalized spacial score (nSPS) is 16.6. The second-order valence-corrected chi connectivity index (χ2v) is 9.81. The standard InChI is InChI=1S/C26H31N5O4/c1-16(2)35-22-11-20-17(10-21(22)33-5)6-7-19-23(25(32)30-8-9-34-14-26(30,3)4)29-24(31(19)20)18-12-27-15-28-13-18/h10-13,15-16H,6-9,14H2,1-5H3. The number of rotatable bonds is 5. The number of aromatic nitrogens is 4. The summed E-state index contributed by atoms with van der Waals surface area (Å²) in [5, 5.41) is 0. The molecular weight excluding hydrogens is 446 g/mol. The van der Waals surface area contributed by atoms with Crippen LogP contribution in [0.3, 0.4) is 0 Å². The molecule has 35 heavy (non-hydrogen) atoms. The molecule has 1 fully saturated rings. The number of imidazole rings is 1. The third-order valence-electron chi connectivity index (χ3n) is 6.48. The number of carbonyl (C=O) groups excluding carboxylic acids is 1. The van der Waals surface area contributed by atoms with Crippen molar-refractivity contribution in [3.05, 3.63) is 47.8 Å². The molecule has 9 heteroatoms. The number of carbonyl (C=O) groups is 1. The first kappa shape index (κ1) is 23.3. The second-order valence-electron chi connectivity index (χ2n) is 9.81. The van der Waals surface area contributed by atoms with Gasteiger partial charge in [0.15, 0.2) is 17.2 Å². The molecule has 2 aliphatic heterocycles. The molecule has 1 amide bonds. The Kier molecular flexibility index (Phi) is 5.96. The summed E-state index contributed by atoms with van der Waals surface area (Å²) in [4.78, 5) is 29.1. The van der Waals surface area contributed by atoms with Crippen molar-refractivity contribution < 1.29 is 19.0 Å². The van der Waals surface area contributed by atoms with Crippen molar-refractivity contribution in [3.8, 4) is 28.6 Å². The monoisotopic (exact) mass is 477 g/mol. The summed E-state index contributed by atoms with van der Waals surface area (Å²) >= 11 is 0. The summed E-state index contributed by atoms with van der Waals surface area (Å²) in [6.45, 7) is 9.55. The number of hydrogen-bond donors (Lipinski definition) is 0. The van der Waals surface area contributed by atoms with Gasteiger partial charge in [-0.1, -0.05) is 0 Å². The fourth-order valence-electron chi connectivity index (χ4n) is 4.84. The van der Waals surface area contributed by atoms with Gasteiger partial charge in [-0.05, 0) is 52.2 Å². The first-order chi connectivity index (χ1) is 16.8. The molecule has 0 atom stereocenters. The van der Waals surface area contributed by atoms with E-state index in [1.807, 2.05) is 44.7 Å². The van der Waals surface area contributed by atoms with Crippen LogP contribution in [0.5, 0.6) is 11.5 Å². The fraction of sp³-hybridized carbons (Fsp3) is 0.462. The Hall–Kier alpha value is -3.46. The first-order valence-electron chi connectivity index (χ1n) is 11.9. The molecule has 0 aliphatic carbocycles. The minimum atomic E-state index is -0.417. The van der Waals surface area contributed by atoms with Crippen LogP contribution in [0.2, 0.25) is 0 Å². The lowest BCUT2D eigenvalue weighted by molar-refractivity contribution is -0.0373. The molecule has 9 nitrogen and oxygen atoms in total. The minimum absolute atomic E-state index is 0.0181. The maximum Gasteiger partial charge on any atom is 0.274 e. The van der Waals surface area contributed by atoms with E-state index in [1.165, 1.54) is 6.33 Å². The number of ether oxygens (including phenoxy) is 3. The summed E-state index contributed by atoms with van der Waals surface area (Å²) in [5.41, 5.74) is 3.70. The highest BCUT2D eigenvalue weighted by Crippen LogP contribution is 2.40. The van der Waals surface area contributed by atoms with Gasteiger partial charge in [0, 0.05) is 25.0 Å². The van der Waals surface area contributed by atoms with Crippen LogP contribution in [0.1, 0.15) is 49.4 Å². The highest BCUT2D eigenvalue weighted by Gasteiger charge is 2.38. The van der Waals surface area contributed by atoms with Gasteiger partial charge in [0.1, 0.15) is 12.2 Å². The predicted octanol–water partition coefficient (Wildman–Crippen LogP) is 3.47. The Labute approximate surface area is 205 Å². The zero-order chi connectivity index (χ0) is 24.7. The lowest BCUT2D eigenvalue weighted by atomic mass is 9.98. The average Bonchev–Trinajstić information content (AvgIpc) is 3.23. The number of aryl methyl sites for hydroxylation is 1. The average molecular weight is 478 g/mol. The van der Waals surface area contributed by atoms with E-state index in [0.717, 1.165) is 28.9 Å². The van der Waals surface area contributed by atoms with Gasteiger partial charge in [0.25, 0.3) is 5.91 Å². The van der Waals surface area contributed by atoms with E-state index in [1.54, 1.807) is 19.5 Å². The minimum Gasteiger partial charge on any atom is -0.493 e. The van der Waals surface area contributed by atoms with Crippen molar-refractivity contribution in [1.82, 2.24) is 24.4 Å². The largest absolute Gasteiger partial charge is 0.493 e. The van der Waals surface area contributed by atoms with Gasteiger partial charge in [-0.3, -0.25) is 9.36 Å². The Bertz CT molecular complexity index is 1250. The number of methoxy groups -OCH3 is 1. The number of nitrogens with zero attached hydrogens (tertiary/aromatic N) is 5. The molecule has 4 heterocycles. The van der Waals surface area contributed by atoms with Crippen LogP contribution in [0.15, 0.2) is 30.9 Å². The fourth-order valence-corrected chi connectivity index (χ4v) is 4.84. The van der Waals surface area contributed by atoms with Crippen molar-refractivity contribution in [3.63, 3.8) is 0 Å². The molecular formula is C26H31N5O4. The van der Waals surface area contributed by atoms with E-state index >= 15 is 0 Å². The number of morpholine rings is 1. The van der Waals surface area contributed by atoms with Crippen LogP contribution in [0, 0.1) is 0 Å². The summed E-state index contributed by atoms with van der Waals surface area (Å²) in [7, 11) is 1.65. The Morgan fingerprint density at radius 2 is 1.91 bits per heavy atom. The Balaban J connectivity index is 1.70. The lowest BCUT2D eigenvalue weighted by Gasteiger charge is -2.41. The van der Waals surface area contributed by atoms with Crippen molar-refractivity contribution in [1.29, 1.82) is 0 Å². The molecule has 3 aromatic rings. The van der Waals surface area contributed by atoms with Crippen LogP contribution >= 0.6 is 0 Å². The number of hydrogen-bond acceptors (Lipinski definition) is 7. The van der Waals surface area contributed by atoms with E-state index in [2.05, 4.69) is 14.5 Å². The molecule has 5 rings (SSSR count). The summed E-state index contributed by atoms with van der Waals surface area (Å²) in [5.74, 6) is 1.90. The molecule has 2 aliphatic rings. The molecule has 0 radical (unpaired) electrons. The van der Waals surface area contributed by atoms with Gasteiger partial charge < -0.3 is 19.1 Å². The van der Waals surface area contributed by atoms with Gasteiger partial charge in [0.05, 0.1) is 48.9 Å². The molecule has 0 bridgehead atoms. The van der Waals surface area contributed by atoms with Crippen LogP contribution < -0.4 is 9.47 Å². The zero-order valence-electron chi connectivity index (χ0n) is 20.9. The van der Waals surface area contributed by atoms with E-state index in [9.17, 15) is 4.79 Å². The number of fused-ring (bicyclic) bond motifs is 3. The Morgan fingerprint density at radius 1 is 1.14 bits per heavy atom. The molecule has 1 saturated heterocycles. The highest BCUT2D eigenvalue weighted by molar-refractivity contribution is 5.95. The topological polar surface area (TPSA) is 91.6 Å². The van der Waals surface area contributed by atoms with Crippen LogP contribution in [0.4, 0.5) is 0 Å². The molecule has 0 N–H and O–H groups in total. The summed E-state index contributed by atoms with van der Waals surface area (Å²) in [6, 6.07) is 4.01. The van der Waals surface area contributed by atoms with E-state index in [-0.39, 0.29) is 12.0 Å². The molecule has 1 aromatic carbocycles. The van der Waals surface area contributed by atoms with Crippen molar-refractivity contribution in [2.45, 2.75) is 52.2 Å². The van der Waals surface area contributed by atoms with E-state index in [4.69, 9.17) is 19.2 Å². The summed E-state index contributed by atoms with van der Waals surface area (Å²) < 4.78 is 19.4. The van der Waals surface area contributed by atoms with E-state index < -0.39 is 5.54 Å². The van der Waals surface area contributed by atoms with Gasteiger partial charge in [-0.2, -0.15) is 0 Å². The van der Waals surface area contributed by atoms with E-state index in [0.29, 0.717) is 49.2 Å². The third kappa shape index (κ3) is 4.14. The van der Waals surface area contributed by atoms with Crippen molar-refractivity contribution in [2.24, 2.45) is 0 Å². The van der Waals surface area contributed by atoms with Gasteiger partial charge in [-0.25, -0.2) is 15.0 Å². The lowest BCUT2D eigenvalue weighted by Crippen LogP contribution is -2.55. The predicted molar refractivity (Wildman–Crippen MR) is 130 cm³/mol.